The van der Waals surface area contributed by atoms with Gasteiger partial charge < -0.3 is 9.64 Å². The highest BCUT2D eigenvalue weighted by molar-refractivity contribution is 5.68. The summed E-state index contributed by atoms with van der Waals surface area (Å²) in [5, 5.41) is 0. The van der Waals surface area contributed by atoms with Crippen molar-refractivity contribution in [2.24, 2.45) is 0 Å². The van der Waals surface area contributed by atoms with Crippen LogP contribution in [0, 0.1) is 0 Å². The minimum atomic E-state index is -0.450. The second-order valence-corrected chi connectivity index (χ2v) is 7.61. The molecule has 3 atom stereocenters. The Morgan fingerprint density at radius 2 is 1.74 bits per heavy atom. The van der Waals surface area contributed by atoms with E-state index in [1.807, 2.05) is 31.7 Å². The molecular weight excluding hydrogens is 288 g/mol. The van der Waals surface area contributed by atoms with E-state index in [0.29, 0.717) is 18.6 Å². The van der Waals surface area contributed by atoms with E-state index in [0.717, 1.165) is 6.54 Å². The van der Waals surface area contributed by atoms with Crippen molar-refractivity contribution in [1.29, 1.82) is 0 Å². The molecule has 23 heavy (non-hydrogen) atoms. The van der Waals surface area contributed by atoms with Gasteiger partial charge in [-0.05, 0) is 47.1 Å². The molecule has 2 rings (SSSR count). The van der Waals surface area contributed by atoms with E-state index in [4.69, 9.17) is 4.74 Å². The molecule has 4 heteroatoms. The summed E-state index contributed by atoms with van der Waals surface area (Å²) in [5.74, 6) is 0. The standard InChI is InChI=1S/C19H30N2O2/c1-14-13-21(18(22)23-19(4,5)6)15(2)12-20(14)16(3)17-10-8-7-9-11-17/h7-11,14-16H,12-13H2,1-6H3/t14-,15+,16?/m0/s1. The second-order valence-electron chi connectivity index (χ2n) is 7.61. The lowest BCUT2D eigenvalue weighted by atomic mass is 10.0. The smallest absolute Gasteiger partial charge is 0.410 e. The molecular formula is C19H30N2O2. The van der Waals surface area contributed by atoms with Crippen LogP contribution in [0.5, 0.6) is 0 Å². The highest BCUT2D eigenvalue weighted by Gasteiger charge is 2.36. The molecule has 1 fully saturated rings. The molecule has 0 spiro atoms. The van der Waals surface area contributed by atoms with E-state index in [2.05, 4.69) is 49.9 Å². The third-order valence-corrected chi connectivity index (χ3v) is 4.44. The zero-order chi connectivity index (χ0) is 17.2. The molecule has 1 aromatic carbocycles. The van der Waals surface area contributed by atoms with Crippen LogP contribution in [-0.2, 0) is 4.74 Å². The van der Waals surface area contributed by atoms with Gasteiger partial charge in [0.25, 0.3) is 0 Å². The van der Waals surface area contributed by atoms with Gasteiger partial charge in [-0.1, -0.05) is 30.3 Å². The van der Waals surface area contributed by atoms with Crippen LogP contribution in [0.2, 0.25) is 0 Å². The summed E-state index contributed by atoms with van der Waals surface area (Å²) < 4.78 is 5.54. The maximum atomic E-state index is 12.4. The van der Waals surface area contributed by atoms with Crippen molar-refractivity contribution in [2.45, 2.75) is 65.3 Å². The molecule has 0 radical (unpaired) electrons. The van der Waals surface area contributed by atoms with E-state index in [-0.39, 0.29) is 12.1 Å². The molecule has 4 nitrogen and oxygen atoms in total. The van der Waals surface area contributed by atoms with Crippen LogP contribution >= 0.6 is 0 Å². The van der Waals surface area contributed by atoms with E-state index < -0.39 is 5.60 Å². The van der Waals surface area contributed by atoms with Crippen LogP contribution in [0.25, 0.3) is 0 Å². The summed E-state index contributed by atoms with van der Waals surface area (Å²) in [6.07, 6.45) is -0.205. The monoisotopic (exact) mass is 318 g/mol. The van der Waals surface area contributed by atoms with Crippen LogP contribution in [0.3, 0.4) is 0 Å². The number of piperazine rings is 1. The van der Waals surface area contributed by atoms with Gasteiger partial charge >= 0.3 is 6.09 Å². The third kappa shape index (κ3) is 4.47. The minimum Gasteiger partial charge on any atom is -0.444 e. The number of benzene rings is 1. The van der Waals surface area contributed by atoms with Gasteiger partial charge in [0.05, 0.1) is 0 Å². The molecule has 0 bridgehead atoms. The maximum absolute atomic E-state index is 12.4. The highest BCUT2D eigenvalue weighted by atomic mass is 16.6. The summed E-state index contributed by atoms with van der Waals surface area (Å²) in [6.45, 7) is 13.8. The lowest BCUT2D eigenvalue weighted by molar-refractivity contribution is -0.0184. The van der Waals surface area contributed by atoms with Gasteiger partial charge in [-0.25, -0.2) is 4.79 Å². The van der Waals surface area contributed by atoms with E-state index in [9.17, 15) is 4.79 Å². The van der Waals surface area contributed by atoms with Crippen molar-refractivity contribution in [2.75, 3.05) is 13.1 Å². The highest BCUT2D eigenvalue weighted by Crippen LogP contribution is 2.27. The van der Waals surface area contributed by atoms with Crippen LogP contribution in [0.1, 0.15) is 53.1 Å². The molecule has 1 saturated heterocycles. The quantitative estimate of drug-likeness (QED) is 0.824. The number of ether oxygens (including phenoxy) is 1. The minimum absolute atomic E-state index is 0.146. The molecule has 128 valence electrons. The number of hydrogen-bond acceptors (Lipinski definition) is 3. The van der Waals surface area contributed by atoms with Crippen LogP contribution < -0.4 is 0 Å². The second kappa shape index (κ2) is 6.91. The van der Waals surface area contributed by atoms with Crippen LogP contribution in [0.4, 0.5) is 4.79 Å². The summed E-state index contributed by atoms with van der Waals surface area (Å²) in [5.41, 5.74) is 0.867. The summed E-state index contributed by atoms with van der Waals surface area (Å²) in [6, 6.07) is 11.3. The van der Waals surface area contributed by atoms with Gasteiger partial charge in [-0.15, -0.1) is 0 Å². The number of amides is 1. The van der Waals surface area contributed by atoms with Gasteiger partial charge in [0.15, 0.2) is 0 Å². The first-order valence-electron chi connectivity index (χ1n) is 8.49. The summed E-state index contributed by atoms with van der Waals surface area (Å²) >= 11 is 0. The molecule has 0 aliphatic carbocycles. The van der Waals surface area contributed by atoms with Crippen LogP contribution in [-0.4, -0.2) is 46.7 Å². The molecule has 1 aromatic rings. The molecule has 1 aliphatic rings. The third-order valence-electron chi connectivity index (χ3n) is 4.44. The molecule has 0 aromatic heterocycles. The van der Waals surface area contributed by atoms with E-state index in [1.54, 1.807) is 0 Å². The van der Waals surface area contributed by atoms with Gasteiger partial charge in [0.1, 0.15) is 5.60 Å². The first kappa shape index (κ1) is 17.8. The van der Waals surface area contributed by atoms with Crippen molar-refractivity contribution < 1.29 is 9.53 Å². The molecule has 1 amide bonds. The normalized spacial score (nSPS) is 24.3. The Morgan fingerprint density at radius 1 is 1.13 bits per heavy atom. The van der Waals surface area contributed by atoms with Gasteiger partial charge in [-0.2, -0.15) is 0 Å². The van der Waals surface area contributed by atoms with E-state index in [1.165, 1.54) is 5.56 Å². The molecule has 0 saturated carbocycles. The van der Waals surface area contributed by atoms with Gasteiger partial charge in [0.2, 0.25) is 0 Å². The van der Waals surface area contributed by atoms with E-state index >= 15 is 0 Å². The maximum Gasteiger partial charge on any atom is 0.410 e. The predicted octanol–water partition coefficient (Wildman–Crippen LogP) is 4.08. The number of hydrogen-bond donors (Lipinski definition) is 0. The first-order valence-corrected chi connectivity index (χ1v) is 8.49. The summed E-state index contributed by atoms with van der Waals surface area (Å²) in [7, 11) is 0. The van der Waals surface area contributed by atoms with Gasteiger partial charge in [0, 0.05) is 31.2 Å². The van der Waals surface area contributed by atoms with Crippen molar-refractivity contribution in [3.63, 3.8) is 0 Å². The van der Waals surface area contributed by atoms with Crippen molar-refractivity contribution in [1.82, 2.24) is 9.80 Å². The largest absolute Gasteiger partial charge is 0.444 e. The average Bonchev–Trinajstić information content (AvgIpc) is 2.47. The summed E-state index contributed by atoms with van der Waals surface area (Å²) in [4.78, 5) is 16.7. The molecule has 1 aliphatic heterocycles. The first-order chi connectivity index (χ1) is 10.7. The lowest BCUT2D eigenvalue weighted by Gasteiger charge is -2.46. The molecule has 1 unspecified atom stereocenters. The fourth-order valence-electron chi connectivity index (χ4n) is 3.19. The average molecular weight is 318 g/mol. The predicted molar refractivity (Wildman–Crippen MR) is 93.4 cm³/mol. The lowest BCUT2D eigenvalue weighted by Crippen LogP contribution is -2.59. The Morgan fingerprint density at radius 3 is 2.30 bits per heavy atom. The number of rotatable bonds is 2. The van der Waals surface area contributed by atoms with Crippen molar-refractivity contribution >= 4 is 6.09 Å². The SMILES string of the molecule is CC(c1ccccc1)N1C[C@@H](C)N(C(=O)OC(C)(C)C)C[C@@H]1C. The number of nitrogens with zero attached hydrogens (tertiary/aromatic N) is 2. The van der Waals surface area contributed by atoms with Crippen molar-refractivity contribution in [3.05, 3.63) is 35.9 Å². The zero-order valence-corrected chi connectivity index (χ0v) is 15.2. The fraction of sp³-hybridized carbons (Fsp3) is 0.632. The Hall–Kier alpha value is -1.55. The molecule has 1 heterocycles. The zero-order valence-electron chi connectivity index (χ0n) is 15.2. The number of carbonyl (C=O) groups is 1. The molecule has 0 N–H and O–H groups in total. The Bertz CT molecular complexity index is 524. The topological polar surface area (TPSA) is 32.8 Å². The Labute approximate surface area is 140 Å². The number of carbonyl (C=O) groups excluding carboxylic acids is 1. The Kier molecular flexibility index (Phi) is 5.35. The fourth-order valence-corrected chi connectivity index (χ4v) is 3.19. The van der Waals surface area contributed by atoms with Crippen molar-refractivity contribution in [3.8, 4) is 0 Å². The van der Waals surface area contributed by atoms with Gasteiger partial charge in [-0.3, -0.25) is 4.90 Å². The van der Waals surface area contributed by atoms with Crippen LogP contribution in [0.15, 0.2) is 30.3 Å². The Balaban J connectivity index is 2.06.